The van der Waals surface area contributed by atoms with Gasteiger partial charge < -0.3 is 15.0 Å². The second-order valence-corrected chi connectivity index (χ2v) is 8.52. The summed E-state index contributed by atoms with van der Waals surface area (Å²) >= 11 is 3.53. The quantitative estimate of drug-likeness (QED) is 0.797. The van der Waals surface area contributed by atoms with E-state index in [0.29, 0.717) is 19.0 Å². The number of nitrogens with zero attached hydrogens (tertiary/aromatic N) is 3. The fraction of sp³-hybridized carbons (Fsp3) is 0.526. The van der Waals surface area contributed by atoms with Gasteiger partial charge in [0.1, 0.15) is 5.60 Å². The highest BCUT2D eigenvalue weighted by Gasteiger charge is 2.30. The number of rotatable bonds is 3. The van der Waals surface area contributed by atoms with E-state index in [2.05, 4.69) is 39.2 Å². The number of nitrogens with one attached hydrogen (secondary N) is 1. The number of carbonyl (C=O) groups is 1. The van der Waals surface area contributed by atoms with Gasteiger partial charge in [0.15, 0.2) is 0 Å². The molecule has 0 spiro atoms. The zero-order valence-corrected chi connectivity index (χ0v) is 17.3. The van der Waals surface area contributed by atoms with Crippen molar-refractivity contribution >= 4 is 38.9 Å². The van der Waals surface area contributed by atoms with Crippen LogP contribution in [0.2, 0.25) is 0 Å². The maximum absolute atomic E-state index is 12.2. The number of amides is 1. The Bertz CT molecular complexity index is 819. The highest BCUT2D eigenvalue weighted by atomic mass is 79.9. The molecular formula is C19H25BrN4O2. The predicted molar refractivity (Wildman–Crippen MR) is 106 cm³/mol. The number of likely N-dealkylation sites (tertiary alicyclic amines) is 1. The average Bonchev–Trinajstić information content (AvgIpc) is 3.01. The molecule has 1 fully saturated rings. The zero-order chi connectivity index (χ0) is 18.9. The van der Waals surface area contributed by atoms with E-state index in [1.54, 1.807) is 4.90 Å². The van der Waals surface area contributed by atoms with Gasteiger partial charge in [-0.05, 0) is 51.3 Å². The van der Waals surface area contributed by atoms with Crippen molar-refractivity contribution in [2.24, 2.45) is 0 Å². The second kappa shape index (κ2) is 7.39. The van der Waals surface area contributed by atoms with Gasteiger partial charge >= 0.3 is 6.09 Å². The van der Waals surface area contributed by atoms with Crippen molar-refractivity contribution in [3.63, 3.8) is 0 Å². The van der Waals surface area contributed by atoms with E-state index in [-0.39, 0.29) is 12.1 Å². The standard InChI is InChI=1S/C19H25BrN4O2/c1-5-12-8-14(20)9-13-10-21-17(23-16(12)13)22-15-6-7-24(11-15)18(25)26-19(2,3)4/h8-10,15H,5-7,11H2,1-4H3,(H,21,22,23)/t15-/m0/s1. The van der Waals surface area contributed by atoms with Crippen molar-refractivity contribution in [3.8, 4) is 0 Å². The second-order valence-electron chi connectivity index (χ2n) is 7.61. The summed E-state index contributed by atoms with van der Waals surface area (Å²) in [4.78, 5) is 23.1. The van der Waals surface area contributed by atoms with Crippen LogP contribution in [0.5, 0.6) is 0 Å². The summed E-state index contributed by atoms with van der Waals surface area (Å²) in [6.45, 7) is 9.02. The first-order chi connectivity index (χ1) is 12.2. The number of hydrogen-bond acceptors (Lipinski definition) is 5. The molecule has 2 heterocycles. The van der Waals surface area contributed by atoms with Gasteiger partial charge in [-0.15, -0.1) is 0 Å². The molecule has 0 unspecified atom stereocenters. The molecule has 0 aliphatic carbocycles. The summed E-state index contributed by atoms with van der Waals surface area (Å²) in [6, 6.07) is 4.25. The van der Waals surface area contributed by atoms with Crippen molar-refractivity contribution in [2.75, 3.05) is 18.4 Å². The first-order valence-corrected chi connectivity index (χ1v) is 9.74. The third-order valence-corrected chi connectivity index (χ3v) is 4.74. The van der Waals surface area contributed by atoms with Crippen LogP contribution in [0.15, 0.2) is 22.8 Å². The van der Waals surface area contributed by atoms with Crippen LogP contribution >= 0.6 is 15.9 Å². The highest BCUT2D eigenvalue weighted by Crippen LogP contribution is 2.24. The van der Waals surface area contributed by atoms with Crippen LogP contribution in [0.1, 0.15) is 39.7 Å². The Morgan fingerprint density at radius 1 is 1.42 bits per heavy atom. The van der Waals surface area contributed by atoms with E-state index in [9.17, 15) is 4.79 Å². The van der Waals surface area contributed by atoms with E-state index < -0.39 is 5.60 Å². The molecule has 140 valence electrons. The lowest BCUT2D eigenvalue weighted by Crippen LogP contribution is -2.36. The summed E-state index contributed by atoms with van der Waals surface area (Å²) in [5.41, 5.74) is 1.67. The highest BCUT2D eigenvalue weighted by molar-refractivity contribution is 9.10. The van der Waals surface area contributed by atoms with Crippen molar-refractivity contribution in [1.29, 1.82) is 0 Å². The summed E-state index contributed by atoms with van der Waals surface area (Å²) in [5.74, 6) is 0.602. The topological polar surface area (TPSA) is 67.4 Å². The van der Waals surface area contributed by atoms with Crippen LogP contribution in [0.3, 0.4) is 0 Å². The number of aryl methyl sites for hydroxylation is 1. The van der Waals surface area contributed by atoms with Gasteiger partial charge in [-0.2, -0.15) is 0 Å². The molecular weight excluding hydrogens is 396 g/mol. The minimum Gasteiger partial charge on any atom is -0.444 e. The lowest BCUT2D eigenvalue weighted by molar-refractivity contribution is 0.0293. The summed E-state index contributed by atoms with van der Waals surface area (Å²) in [5, 5.41) is 4.38. The van der Waals surface area contributed by atoms with Gasteiger partial charge in [-0.25, -0.2) is 14.8 Å². The molecule has 1 N–H and O–H groups in total. The molecule has 0 radical (unpaired) electrons. The number of halogens is 1. The molecule has 3 rings (SSSR count). The number of anilines is 1. The number of benzene rings is 1. The van der Waals surface area contributed by atoms with E-state index in [1.165, 1.54) is 5.56 Å². The zero-order valence-electron chi connectivity index (χ0n) is 15.7. The molecule has 6 nitrogen and oxygen atoms in total. The van der Waals surface area contributed by atoms with Crippen molar-refractivity contribution in [1.82, 2.24) is 14.9 Å². The van der Waals surface area contributed by atoms with E-state index in [4.69, 9.17) is 9.72 Å². The predicted octanol–water partition coefficient (Wildman–Crippen LogP) is 4.38. The Hall–Kier alpha value is -1.89. The third-order valence-electron chi connectivity index (χ3n) is 4.28. The van der Waals surface area contributed by atoms with Gasteiger partial charge in [0.25, 0.3) is 0 Å². The minimum atomic E-state index is -0.477. The molecule has 1 aliphatic rings. The van der Waals surface area contributed by atoms with E-state index in [1.807, 2.05) is 33.0 Å². The lowest BCUT2D eigenvalue weighted by Gasteiger charge is -2.24. The Kier molecular flexibility index (Phi) is 5.37. The Labute approximate surface area is 162 Å². The smallest absolute Gasteiger partial charge is 0.410 e. The molecule has 1 aromatic carbocycles. The third kappa shape index (κ3) is 4.44. The molecule has 1 amide bonds. The van der Waals surface area contributed by atoms with Crippen molar-refractivity contribution in [3.05, 3.63) is 28.4 Å². The fourth-order valence-corrected chi connectivity index (χ4v) is 3.59. The monoisotopic (exact) mass is 420 g/mol. The van der Waals surface area contributed by atoms with Crippen LogP contribution in [-0.4, -0.2) is 45.7 Å². The molecule has 1 atom stereocenters. The summed E-state index contributed by atoms with van der Waals surface area (Å²) in [7, 11) is 0. The minimum absolute atomic E-state index is 0.125. The Morgan fingerprint density at radius 3 is 2.88 bits per heavy atom. The fourth-order valence-electron chi connectivity index (χ4n) is 3.07. The number of fused-ring (bicyclic) bond motifs is 1. The lowest BCUT2D eigenvalue weighted by atomic mass is 10.1. The van der Waals surface area contributed by atoms with Crippen LogP contribution in [-0.2, 0) is 11.2 Å². The average molecular weight is 421 g/mol. The van der Waals surface area contributed by atoms with E-state index >= 15 is 0 Å². The van der Waals surface area contributed by atoms with Crippen molar-refractivity contribution < 1.29 is 9.53 Å². The maximum atomic E-state index is 12.2. The van der Waals surface area contributed by atoms with Crippen LogP contribution in [0.25, 0.3) is 10.9 Å². The summed E-state index contributed by atoms with van der Waals surface area (Å²) in [6.07, 6.45) is 3.33. The molecule has 7 heteroatoms. The molecule has 2 aromatic rings. The van der Waals surface area contributed by atoms with Gasteiger partial charge in [0, 0.05) is 35.2 Å². The normalized spacial score (nSPS) is 17.6. The molecule has 26 heavy (non-hydrogen) atoms. The van der Waals surface area contributed by atoms with Gasteiger partial charge in [0.2, 0.25) is 5.95 Å². The number of aromatic nitrogens is 2. The number of ether oxygens (including phenoxy) is 1. The maximum Gasteiger partial charge on any atom is 0.410 e. The number of carbonyl (C=O) groups excluding carboxylic acids is 1. The van der Waals surface area contributed by atoms with Gasteiger partial charge in [0.05, 0.1) is 5.52 Å². The molecule has 1 aromatic heterocycles. The number of hydrogen-bond donors (Lipinski definition) is 1. The largest absolute Gasteiger partial charge is 0.444 e. The van der Waals surface area contributed by atoms with E-state index in [0.717, 1.165) is 28.2 Å². The van der Waals surface area contributed by atoms with Crippen molar-refractivity contribution in [2.45, 2.75) is 52.2 Å². The molecule has 0 saturated carbocycles. The Morgan fingerprint density at radius 2 is 2.19 bits per heavy atom. The van der Waals surface area contributed by atoms with Gasteiger partial charge in [-0.1, -0.05) is 22.9 Å². The molecule has 0 bridgehead atoms. The Balaban J connectivity index is 1.70. The first-order valence-electron chi connectivity index (χ1n) is 8.95. The van der Waals surface area contributed by atoms with Crippen LogP contribution < -0.4 is 5.32 Å². The summed E-state index contributed by atoms with van der Waals surface area (Å²) < 4.78 is 6.48. The SMILES string of the molecule is CCc1cc(Br)cc2cnc(N[C@H]3CCN(C(=O)OC(C)(C)C)C3)nc12. The molecule has 1 aliphatic heterocycles. The van der Waals surface area contributed by atoms with Crippen LogP contribution in [0.4, 0.5) is 10.7 Å². The van der Waals surface area contributed by atoms with Crippen LogP contribution in [0, 0.1) is 0 Å². The first kappa shape index (κ1) is 18.9. The van der Waals surface area contributed by atoms with Gasteiger partial charge in [-0.3, -0.25) is 0 Å². The molecule has 1 saturated heterocycles.